The molecule has 1 atom stereocenters. The highest BCUT2D eigenvalue weighted by Crippen LogP contribution is 2.26. The molecule has 0 aliphatic rings. The first-order chi connectivity index (χ1) is 9.45. The lowest BCUT2D eigenvalue weighted by atomic mass is 9.88. The zero-order valence-electron chi connectivity index (χ0n) is 13.5. The molecule has 0 aliphatic carbocycles. The molecule has 1 nitrogen and oxygen atoms in total. The average molecular weight is 274 g/mol. The molecule has 0 unspecified atom stereocenters. The zero-order chi connectivity index (χ0) is 15.0. The van der Waals surface area contributed by atoms with Gasteiger partial charge in [0.25, 0.3) is 0 Å². The maximum absolute atomic E-state index is 10.2. The van der Waals surface area contributed by atoms with E-state index in [1.165, 1.54) is 31.2 Å². The Morgan fingerprint density at radius 1 is 1.20 bits per heavy atom. The largest absolute Gasteiger partial charge is 0.386 e. The minimum atomic E-state index is -0.744. The lowest BCUT2D eigenvalue weighted by Gasteiger charge is -2.22. The van der Waals surface area contributed by atoms with Crippen molar-refractivity contribution in [2.45, 2.75) is 65.4 Å². The maximum Gasteiger partial charge on any atom is 0.0843 e. The van der Waals surface area contributed by atoms with E-state index in [4.69, 9.17) is 0 Å². The Morgan fingerprint density at radius 2 is 1.90 bits per heavy atom. The van der Waals surface area contributed by atoms with Gasteiger partial charge in [-0.15, -0.1) is 0 Å². The van der Waals surface area contributed by atoms with Crippen molar-refractivity contribution in [3.05, 3.63) is 47.5 Å². The molecule has 1 aromatic rings. The summed E-state index contributed by atoms with van der Waals surface area (Å²) in [5, 5.41) is 10.2. The summed E-state index contributed by atoms with van der Waals surface area (Å²) >= 11 is 0. The van der Waals surface area contributed by atoms with Crippen LogP contribution in [0.2, 0.25) is 0 Å². The van der Waals surface area contributed by atoms with Gasteiger partial charge in [0.05, 0.1) is 5.60 Å². The van der Waals surface area contributed by atoms with Gasteiger partial charge in [0.1, 0.15) is 0 Å². The third-order valence-corrected chi connectivity index (χ3v) is 3.89. The summed E-state index contributed by atoms with van der Waals surface area (Å²) in [6.07, 6.45) is 10.4. The van der Waals surface area contributed by atoms with Gasteiger partial charge in [-0.25, -0.2) is 0 Å². The summed E-state index contributed by atoms with van der Waals surface area (Å²) in [7, 11) is 0. The van der Waals surface area contributed by atoms with E-state index in [9.17, 15) is 5.11 Å². The third-order valence-electron chi connectivity index (χ3n) is 3.89. The minimum Gasteiger partial charge on any atom is -0.386 e. The van der Waals surface area contributed by atoms with Crippen molar-refractivity contribution >= 4 is 0 Å². The standard InChI is InChI=1S/C19H30O/c1-5-6-7-8-11-16(2)14-15-17-12-9-10-13-18(17)19(3,4)20/h5-6,9-10,12-13,16,20H,7-8,11,14-15H2,1-4H3/b6-5+/t16-/m1/s1. The fraction of sp³-hybridized carbons (Fsp3) is 0.579. The first-order valence-electron chi connectivity index (χ1n) is 7.87. The lowest BCUT2D eigenvalue weighted by molar-refractivity contribution is 0.0775. The van der Waals surface area contributed by atoms with Crippen LogP contribution in [0.4, 0.5) is 0 Å². The highest BCUT2D eigenvalue weighted by atomic mass is 16.3. The molecule has 0 bridgehead atoms. The molecule has 1 rings (SSSR count). The highest BCUT2D eigenvalue weighted by Gasteiger charge is 2.19. The summed E-state index contributed by atoms with van der Waals surface area (Å²) in [5.74, 6) is 0.745. The molecule has 0 radical (unpaired) electrons. The van der Waals surface area contributed by atoms with Crippen LogP contribution in [0.25, 0.3) is 0 Å². The van der Waals surface area contributed by atoms with Crippen LogP contribution in [0.5, 0.6) is 0 Å². The molecule has 1 N–H and O–H groups in total. The lowest BCUT2D eigenvalue weighted by Crippen LogP contribution is -2.18. The number of benzene rings is 1. The Balaban J connectivity index is 2.49. The van der Waals surface area contributed by atoms with Crippen molar-refractivity contribution in [2.24, 2.45) is 5.92 Å². The van der Waals surface area contributed by atoms with E-state index < -0.39 is 5.60 Å². The van der Waals surface area contributed by atoms with Crippen molar-refractivity contribution in [3.63, 3.8) is 0 Å². The Hall–Kier alpha value is -1.08. The molecule has 0 aliphatic heterocycles. The van der Waals surface area contributed by atoms with E-state index in [-0.39, 0.29) is 0 Å². The van der Waals surface area contributed by atoms with Crippen LogP contribution in [-0.2, 0) is 12.0 Å². The molecule has 0 saturated heterocycles. The molecule has 0 heterocycles. The number of rotatable bonds is 8. The van der Waals surface area contributed by atoms with Crippen molar-refractivity contribution in [3.8, 4) is 0 Å². The van der Waals surface area contributed by atoms with Gasteiger partial charge in [-0.3, -0.25) is 0 Å². The molecule has 1 aromatic carbocycles. The SMILES string of the molecule is C/C=C/CCC[C@@H](C)CCc1ccccc1C(C)(C)O. The monoisotopic (exact) mass is 274 g/mol. The molecular formula is C19H30O. The van der Waals surface area contributed by atoms with Crippen LogP contribution in [0, 0.1) is 5.92 Å². The molecule has 0 amide bonds. The summed E-state index contributed by atoms with van der Waals surface area (Å²) < 4.78 is 0. The second-order valence-electron chi connectivity index (χ2n) is 6.36. The van der Waals surface area contributed by atoms with Gasteiger partial charge in [0, 0.05) is 0 Å². The number of unbranched alkanes of at least 4 members (excludes halogenated alkanes) is 1. The van der Waals surface area contributed by atoms with E-state index >= 15 is 0 Å². The van der Waals surface area contributed by atoms with Crippen molar-refractivity contribution in [2.75, 3.05) is 0 Å². The molecule has 0 spiro atoms. The smallest absolute Gasteiger partial charge is 0.0843 e. The van der Waals surface area contributed by atoms with Gasteiger partial charge in [-0.1, -0.05) is 49.8 Å². The van der Waals surface area contributed by atoms with Crippen LogP contribution in [0.1, 0.15) is 64.5 Å². The zero-order valence-corrected chi connectivity index (χ0v) is 13.5. The second kappa shape index (κ2) is 8.26. The van der Waals surface area contributed by atoms with Gasteiger partial charge >= 0.3 is 0 Å². The highest BCUT2D eigenvalue weighted by molar-refractivity contribution is 5.31. The molecule has 0 fully saturated rings. The normalized spacial score (nSPS) is 13.8. The molecule has 0 aromatic heterocycles. The van der Waals surface area contributed by atoms with Gasteiger partial charge in [0.15, 0.2) is 0 Å². The predicted octanol–water partition coefficient (Wildman–Crippen LogP) is 5.23. The van der Waals surface area contributed by atoms with E-state index in [1.807, 2.05) is 26.0 Å². The van der Waals surface area contributed by atoms with Crippen LogP contribution >= 0.6 is 0 Å². The maximum atomic E-state index is 10.2. The van der Waals surface area contributed by atoms with E-state index in [0.717, 1.165) is 17.9 Å². The van der Waals surface area contributed by atoms with Crippen molar-refractivity contribution in [1.29, 1.82) is 0 Å². The predicted molar refractivity (Wildman–Crippen MR) is 87.8 cm³/mol. The second-order valence-corrected chi connectivity index (χ2v) is 6.36. The number of allylic oxidation sites excluding steroid dienone is 2. The first kappa shape index (κ1) is 17.0. The molecular weight excluding hydrogens is 244 g/mol. The van der Waals surface area contributed by atoms with Gasteiger partial charge in [0.2, 0.25) is 0 Å². The molecule has 1 heteroatoms. The fourth-order valence-electron chi connectivity index (χ4n) is 2.63. The summed E-state index contributed by atoms with van der Waals surface area (Å²) in [5.41, 5.74) is 1.62. The number of aryl methyl sites for hydroxylation is 1. The summed E-state index contributed by atoms with van der Waals surface area (Å²) in [6, 6.07) is 8.28. The minimum absolute atomic E-state index is 0.744. The van der Waals surface area contributed by atoms with Gasteiger partial charge in [-0.05, 0) is 63.5 Å². The Kier molecular flexibility index (Phi) is 7.01. The van der Waals surface area contributed by atoms with Crippen molar-refractivity contribution < 1.29 is 5.11 Å². The fourth-order valence-corrected chi connectivity index (χ4v) is 2.63. The Bertz CT molecular complexity index is 412. The van der Waals surface area contributed by atoms with Crippen LogP contribution in [-0.4, -0.2) is 5.11 Å². The summed E-state index contributed by atoms with van der Waals surface area (Å²) in [6.45, 7) is 8.15. The number of hydrogen-bond donors (Lipinski definition) is 1. The van der Waals surface area contributed by atoms with Gasteiger partial charge < -0.3 is 5.11 Å². The van der Waals surface area contributed by atoms with E-state index in [0.29, 0.717) is 0 Å². The Morgan fingerprint density at radius 3 is 2.55 bits per heavy atom. The number of hydrogen-bond acceptors (Lipinski definition) is 1. The number of aliphatic hydroxyl groups is 1. The van der Waals surface area contributed by atoms with Crippen LogP contribution < -0.4 is 0 Å². The molecule has 20 heavy (non-hydrogen) atoms. The first-order valence-corrected chi connectivity index (χ1v) is 7.87. The van der Waals surface area contributed by atoms with Gasteiger partial charge in [-0.2, -0.15) is 0 Å². The molecule has 112 valence electrons. The van der Waals surface area contributed by atoms with E-state index in [1.54, 1.807) is 0 Å². The third kappa shape index (κ3) is 5.92. The van der Waals surface area contributed by atoms with E-state index in [2.05, 4.69) is 38.1 Å². The molecule has 0 saturated carbocycles. The topological polar surface area (TPSA) is 20.2 Å². The Labute approximate surface area is 124 Å². The van der Waals surface area contributed by atoms with Crippen LogP contribution in [0.3, 0.4) is 0 Å². The quantitative estimate of drug-likeness (QED) is 0.508. The average Bonchev–Trinajstić information content (AvgIpc) is 2.40. The summed E-state index contributed by atoms with van der Waals surface area (Å²) in [4.78, 5) is 0. The van der Waals surface area contributed by atoms with Crippen LogP contribution in [0.15, 0.2) is 36.4 Å². The van der Waals surface area contributed by atoms with Crippen molar-refractivity contribution in [1.82, 2.24) is 0 Å².